The molecule has 0 aliphatic carbocycles. The standard InChI is InChI=1S/C24H34BrClN2O6SSi/c1-6-36(7-2,8-3)34-22(17-9-10-21(29)20(12-17)28-35(5,31)32)14-27-23(30)15-33-24-16(4)11-18(25)13-19(24)26/h9-13,22,28-29H,6-8,14-15H2,1-5H3,(H,27,30)/t22-/m0/s1. The first kappa shape index (κ1) is 30.4. The minimum atomic E-state index is -3.60. The zero-order valence-electron chi connectivity index (χ0n) is 21.2. The Labute approximate surface area is 228 Å². The number of ether oxygens (including phenoxy) is 1. The molecule has 0 spiro atoms. The van der Waals surface area contributed by atoms with Crippen LogP contribution in [-0.2, 0) is 19.2 Å². The van der Waals surface area contributed by atoms with Gasteiger partial charge in [0.1, 0.15) is 11.5 Å². The topological polar surface area (TPSA) is 114 Å². The minimum absolute atomic E-state index is 0.0513. The second-order valence-electron chi connectivity index (χ2n) is 8.63. The molecule has 0 bridgehead atoms. The van der Waals surface area contributed by atoms with Crippen LogP contribution in [-0.4, -0.2) is 47.2 Å². The number of carbonyl (C=O) groups excluding carboxylic acids is 1. The van der Waals surface area contributed by atoms with Crippen molar-refractivity contribution in [2.45, 2.75) is 51.9 Å². The molecular formula is C24H34BrClN2O6SSi. The van der Waals surface area contributed by atoms with Gasteiger partial charge < -0.3 is 19.6 Å². The molecule has 36 heavy (non-hydrogen) atoms. The van der Waals surface area contributed by atoms with E-state index in [0.29, 0.717) is 16.3 Å². The van der Waals surface area contributed by atoms with Crippen molar-refractivity contribution in [1.29, 1.82) is 0 Å². The van der Waals surface area contributed by atoms with Gasteiger partial charge in [0.25, 0.3) is 5.91 Å². The molecule has 0 radical (unpaired) electrons. The smallest absolute Gasteiger partial charge is 0.258 e. The third-order valence-corrected chi connectivity index (χ3v) is 12.0. The van der Waals surface area contributed by atoms with Gasteiger partial charge in [-0.3, -0.25) is 9.52 Å². The number of nitrogens with one attached hydrogen (secondary N) is 2. The van der Waals surface area contributed by atoms with Gasteiger partial charge in [0.2, 0.25) is 10.0 Å². The zero-order valence-corrected chi connectivity index (χ0v) is 25.3. The molecule has 2 aromatic carbocycles. The predicted octanol–water partition coefficient (Wildman–Crippen LogP) is 5.75. The van der Waals surface area contributed by atoms with Gasteiger partial charge in [-0.25, -0.2) is 8.42 Å². The van der Waals surface area contributed by atoms with Crippen molar-refractivity contribution in [3.8, 4) is 11.5 Å². The highest BCUT2D eigenvalue weighted by Crippen LogP contribution is 2.34. The Hall–Kier alpha value is -1.79. The van der Waals surface area contributed by atoms with Crippen LogP contribution in [0.5, 0.6) is 11.5 Å². The summed E-state index contributed by atoms with van der Waals surface area (Å²) >= 11 is 9.62. The normalized spacial score (nSPS) is 12.8. The highest BCUT2D eigenvalue weighted by Gasteiger charge is 2.33. The summed E-state index contributed by atoms with van der Waals surface area (Å²) in [6.07, 6.45) is 0.467. The van der Waals surface area contributed by atoms with Crippen LogP contribution in [0.2, 0.25) is 23.2 Å². The van der Waals surface area contributed by atoms with E-state index in [9.17, 15) is 18.3 Å². The average molecular weight is 622 g/mol. The SMILES string of the molecule is CC[Si](CC)(CC)O[C@@H](CNC(=O)COc1c(C)cc(Br)cc1Cl)c1ccc(O)c(NS(C)(=O)=O)c1. The second-order valence-corrected chi connectivity index (χ2v) is 16.4. The average Bonchev–Trinajstić information content (AvgIpc) is 2.79. The molecule has 0 aromatic heterocycles. The molecule has 0 aliphatic heterocycles. The van der Waals surface area contributed by atoms with Crippen LogP contribution in [0.25, 0.3) is 0 Å². The predicted molar refractivity (Wildman–Crippen MR) is 150 cm³/mol. The number of aryl methyl sites for hydroxylation is 1. The Kier molecular flexibility index (Phi) is 11.1. The summed E-state index contributed by atoms with van der Waals surface area (Å²) in [7, 11) is -5.71. The molecule has 1 amide bonds. The fourth-order valence-electron chi connectivity index (χ4n) is 3.83. The summed E-state index contributed by atoms with van der Waals surface area (Å²) in [6.45, 7) is 8.04. The quantitative estimate of drug-likeness (QED) is 0.194. The molecule has 0 fully saturated rings. The molecular weight excluding hydrogens is 588 g/mol. The molecule has 12 heteroatoms. The first-order chi connectivity index (χ1) is 16.8. The molecule has 0 heterocycles. The number of benzene rings is 2. The monoisotopic (exact) mass is 620 g/mol. The van der Waals surface area contributed by atoms with Gasteiger partial charge >= 0.3 is 0 Å². The van der Waals surface area contributed by atoms with E-state index in [1.165, 1.54) is 12.1 Å². The maximum Gasteiger partial charge on any atom is 0.258 e. The number of phenols is 1. The summed E-state index contributed by atoms with van der Waals surface area (Å²) in [5, 5.41) is 13.4. The van der Waals surface area contributed by atoms with Crippen LogP contribution >= 0.6 is 27.5 Å². The van der Waals surface area contributed by atoms with Gasteiger partial charge in [-0.2, -0.15) is 0 Å². The van der Waals surface area contributed by atoms with E-state index >= 15 is 0 Å². The molecule has 0 saturated carbocycles. The van der Waals surface area contributed by atoms with Crippen LogP contribution in [0, 0.1) is 6.92 Å². The third kappa shape index (κ3) is 8.65. The van der Waals surface area contributed by atoms with Gasteiger partial charge in [0.05, 0.1) is 23.1 Å². The molecule has 1 atom stereocenters. The van der Waals surface area contributed by atoms with Gasteiger partial charge in [-0.05, 0) is 60.4 Å². The molecule has 0 unspecified atom stereocenters. The minimum Gasteiger partial charge on any atom is -0.506 e. The number of phenolic OH excluding ortho intramolecular Hbond substituents is 1. The van der Waals surface area contributed by atoms with Crippen LogP contribution < -0.4 is 14.8 Å². The number of rotatable bonds is 13. The first-order valence-electron chi connectivity index (χ1n) is 11.7. The van der Waals surface area contributed by atoms with E-state index in [4.69, 9.17) is 20.8 Å². The van der Waals surface area contributed by atoms with Crippen molar-refractivity contribution in [3.05, 3.63) is 51.0 Å². The molecule has 0 saturated heterocycles. The Morgan fingerprint density at radius 3 is 2.36 bits per heavy atom. The van der Waals surface area contributed by atoms with Crippen molar-refractivity contribution in [2.24, 2.45) is 0 Å². The van der Waals surface area contributed by atoms with E-state index in [-0.39, 0.29) is 30.5 Å². The molecule has 2 rings (SSSR count). The Bertz CT molecular complexity index is 1150. The molecule has 200 valence electrons. The van der Waals surface area contributed by atoms with E-state index in [0.717, 1.165) is 34.4 Å². The lowest BCUT2D eigenvalue weighted by Crippen LogP contribution is -2.41. The maximum absolute atomic E-state index is 12.7. The lowest BCUT2D eigenvalue weighted by molar-refractivity contribution is -0.123. The van der Waals surface area contributed by atoms with Crippen molar-refractivity contribution in [2.75, 3.05) is 24.1 Å². The summed E-state index contributed by atoms with van der Waals surface area (Å²) in [5.74, 6) is -0.119. The van der Waals surface area contributed by atoms with Crippen molar-refractivity contribution in [3.63, 3.8) is 0 Å². The maximum atomic E-state index is 12.7. The van der Waals surface area contributed by atoms with Crippen LogP contribution in [0.15, 0.2) is 34.8 Å². The van der Waals surface area contributed by atoms with Gasteiger partial charge in [0.15, 0.2) is 14.9 Å². The Balaban J connectivity index is 2.24. The number of halogens is 2. The van der Waals surface area contributed by atoms with E-state index in [2.05, 4.69) is 46.7 Å². The summed E-state index contributed by atoms with van der Waals surface area (Å²) in [6, 6.07) is 10.8. The number of hydrogen-bond donors (Lipinski definition) is 3. The fraction of sp³-hybridized carbons (Fsp3) is 0.458. The third-order valence-electron chi connectivity index (χ3n) is 6.04. The molecule has 2 aromatic rings. The van der Waals surface area contributed by atoms with Gasteiger partial charge in [-0.1, -0.05) is 54.4 Å². The summed E-state index contributed by atoms with van der Waals surface area (Å²) < 4.78 is 39.0. The second kappa shape index (κ2) is 13.1. The van der Waals surface area contributed by atoms with E-state index in [1.807, 2.05) is 13.0 Å². The zero-order chi connectivity index (χ0) is 27.1. The highest BCUT2D eigenvalue weighted by atomic mass is 79.9. The molecule has 0 aliphatic rings. The van der Waals surface area contributed by atoms with E-state index < -0.39 is 24.4 Å². The number of anilines is 1. The highest BCUT2D eigenvalue weighted by molar-refractivity contribution is 9.10. The van der Waals surface area contributed by atoms with Crippen molar-refractivity contribution >= 4 is 57.5 Å². The van der Waals surface area contributed by atoms with E-state index in [1.54, 1.807) is 12.1 Å². The van der Waals surface area contributed by atoms with Crippen LogP contribution in [0.3, 0.4) is 0 Å². The Morgan fingerprint density at radius 2 is 1.81 bits per heavy atom. The fourth-order valence-corrected chi connectivity index (χ4v) is 8.24. The van der Waals surface area contributed by atoms with Crippen molar-refractivity contribution < 1.29 is 27.5 Å². The summed E-state index contributed by atoms with van der Waals surface area (Å²) in [5.41, 5.74) is 1.48. The molecule has 3 N–H and O–H groups in total. The summed E-state index contributed by atoms with van der Waals surface area (Å²) in [4.78, 5) is 12.7. The van der Waals surface area contributed by atoms with Gasteiger partial charge in [0, 0.05) is 11.0 Å². The molecule has 8 nitrogen and oxygen atoms in total. The largest absolute Gasteiger partial charge is 0.506 e. The number of aromatic hydroxyl groups is 1. The van der Waals surface area contributed by atoms with Crippen molar-refractivity contribution in [1.82, 2.24) is 5.32 Å². The van der Waals surface area contributed by atoms with Crippen LogP contribution in [0.4, 0.5) is 5.69 Å². The number of amides is 1. The Morgan fingerprint density at radius 1 is 1.17 bits per heavy atom. The van der Waals surface area contributed by atoms with Gasteiger partial charge in [-0.15, -0.1) is 0 Å². The number of hydrogen-bond acceptors (Lipinski definition) is 6. The lowest BCUT2D eigenvalue weighted by Gasteiger charge is -2.34. The number of sulfonamides is 1. The van der Waals surface area contributed by atoms with Crippen LogP contribution in [0.1, 0.15) is 38.0 Å². The lowest BCUT2D eigenvalue weighted by atomic mass is 10.1. The first-order valence-corrected chi connectivity index (χ1v) is 17.3. The number of carbonyl (C=O) groups is 1.